The Balaban J connectivity index is 2.87. The van der Waals surface area contributed by atoms with Crippen LogP contribution < -0.4 is 4.74 Å². The van der Waals surface area contributed by atoms with Crippen molar-refractivity contribution in [2.45, 2.75) is 26.3 Å². The molecule has 1 aromatic carbocycles. The summed E-state index contributed by atoms with van der Waals surface area (Å²) in [5.41, 5.74) is 0.793. The second kappa shape index (κ2) is 7.19. The van der Waals surface area contributed by atoms with Gasteiger partial charge in [-0.25, -0.2) is 0 Å². The highest BCUT2D eigenvalue weighted by molar-refractivity contribution is 6.30. The molecule has 0 N–H and O–H groups in total. The van der Waals surface area contributed by atoms with Gasteiger partial charge in [0, 0.05) is 29.8 Å². The monoisotopic (exact) mass is 281 g/mol. The molecule has 0 aromatic heterocycles. The van der Waals surface area contributed by atoms with Crippen LogP contribution in [-0.4, -0.2) is 31.0 Å². The van der Waals surface area contributed by atoms with E-state index in [1.54, 1.807) is 49.4 Å². The zero-order valence-corrected chi connectivity index (χ0v) is 12.6. The van der Waals surface area contributed by atoms with Crippen LogP contribution in [0.15, 0.2) is 24.3 Å². The van der Waals surface area contributed by atoms with Crippen molar-refractivity contribution in [2.75, 3.05) is 14.2 Å². The number of ether oxygens (including phenoxy) is 1. The summed E-state index contributed by atoms with van der Waals surface area (Å²) in [4.78, 5) is 13.7. The number of likely N-dealkylation sites (N-methyl/N-ethyl adjacent to an activating group) is 1. The van der Waals surface area contributed by atoms with Gasteiger partial charge in [-0.3, -0.25) is 4.79 Å². The Kier molecular flexibility index (Phi) is 5.90. The molecular weight excluding hydrogens is 262 g/mol. The Morgan fingerprint density at radius 3 is 2.79 bits per heavy atom. The number of rotatable bonds is 5. The summed E-state index contributed by atoms with van der Waals surface area (Å²) in [6.45, 7) is 4.07. The number of carbonyl (C=O) groups excluding carboxylic acids is 1. The molecule has 1 aromatic rings. The maximum atomic E-state index is 12.0. The van der Waals surface area contributed by atoms with E-state index in [1.165, 1.54) is 0 Å². The van der Waals surface area contributed by atoms with Gasteiger partial charge >= 0.3 is 0 Å². The summed E-state index contributed by atoms with van der Waals surface area (Å²) in [5, 5.41) is 0.614. The normalized spacial score (nSPS) is 12.5. The van der Waals surface area contributed by atoms with Gasteiger partial charge in [0.1, 0.15) is 5.75 Å². The van der Waals surface area contributed by atoms with Crippen molar-refractivity contribution in [3.8, 4) is 5.75 Å². The highest BCUT2D eigenvalue weighted by Crippen LogP contribution is 2.23. The van der Waals surface area contributed by atoms with E-state index >= 15 is 0 Å². The molecule has 1 unspecified atom stereocenters. The van der Waals surface area contributed by atoms with Gasteiger partial charge in [0.2, 0.25) is 5.91 Å². The molecule has 0 bridgehead atoms. The zero-order valence-electron chi connectivity index (χ0n) is 11.8. The molecule has 1 amide bonds. The molecule has 4 heteroatoms. The van der Waals surface area contributed by atoms with E-state index < -0.39 is 0 Å². The van der Waals surface area contributed by atoms with Gasteiger partial charge in [0.15, 0.2) is 0 Å². The first-order chi connectivity index (χ1) is 8.99. The van der Waals surface area contributed by atoms with E-state index in [0.29, 0.717) is 10.8 Å². The summed E-state index contributed by atoms with van der Waals surface area (Å²) in [6.07, 6.45) is 4.20. The molecule has 104 valence electrons. The van der Waals surface area contributed by atoms with E-state index in [-0.39, 0.29) is 11.9 Å². The van der Waals surface area contributed by atoms with Crippen LogP contribution in [0.25, 0.3) is 6.08 Å². The Hall–Kier alpha value is -1.48. The number of carbonyl (C=O) groups is 1. The number of benzene rings is 1. The standard InChI is InChI=1S/C15H20ClNO2/c1-5-11(2)17(3)15(18)9-6-12-10-13(16)7-8-14(12)19-4/h6-11H,5H2,1-4H3/b9-6+. The molecule has 0 radical (unpaired) electrons. The molecule has 1 atom stereocenters. The van der Waals surface area contributed by atoms with Gasteiger partial charge in [-0.1, -0.05) is 18.5 Å². The molecule has 0 aliphatic heterocycles. The van der Waals surface area contributed by atoms with Crippen molar-refractivity contribution in [2.24, 2.45) is 0 Å². The Bertz CT molecular complexity index is 471. The van der Waals surface area contributed by atoms with E-state index in [4.69, 9.17) is 16.3 Å². The minimum Gasteiger partial charge on any atom is -0.496 e. The van der Waals surface area contributed by atoms with Gasteiger partial charge in [0.05, 0.1) is 7.11 Å². The number of hydrogen-bond donors (Lipinski definition) is 0. The molecule has 19 heavy (non-hydrogen) atoms. The second-order valence-electron chi connectivity index (χ2n) is 4.43. The van der Waals surface area contributed by atoms with Crippen LogP contribution in [-0.2, 0) is 4.79 Å². The van der Waals surface area contributed by atoms with Crippen molar-refractivity contribution < 1.29 is 9.53 Å². The average molecular weight is 282 g/mol. The molecule has 0 fully saturated rings. The second-order valence-corrected chi connectivity index (χ2v) is 4.86. The minimum atomic E-state index is -0.0311. The lowest BCUT2D eigenvalue weighted by Crippen LogP contribution is -2.33. The lowest BCUT2D eigenvalue weighted by molar-refractivity contribution is -0.126. The first-order valence-corrected chi connectivity index (χ1v) is 6.65. The molecule has 0 saturated heterocycles. The molecule has 0 heterocycles. The first kappa shape index (κ1) is 15.6. The van der Waals surface area contributed by atoms with Gasteiger partial charge < -0.3 is 9.64 Å². The highest BCUT2D eigenvalue weighted by Gasteiger charge is 2.11. The van der Waals surface area contributed by atoms with Crippen LogP contribution in [0.2, 0.25) is 5.02 Å². The summed E-state index contributed by atoms with van der Waals surface area (Å²) in [5.74, 6) is 0.663. The largest absolute Gasteiger partial charge is 0.496 e. The van der Waals surface area contributed by atoms with Crippen molar-refractivity contribution in [3.05, 3.63) is 34.9 Å². The van der Waals surface area contributed by atoms with Crippen molar-refractivity contribution in [1.29, 1.82) is 0 Å². The molecule has 3 nitrogen and oxygen atoms in total. The number of nitrogens with zero attached hydrogens (tertiary/aromatic N) is 1. The van der Waals surface area contributed by atoms with Gasteiger partial charge in [-0.2, -0.15) is 0 Å². The fraction of sp³-hybridized carbons (Fsp3) is 0.400. The summed E-state index contributed by atoms with van der Waals surface area (Å²) in [6, 6.07) is 5.53. The van der Waals surface area contributed by atoms with Crippen LogP contribution in [0, 0.1) is 0 Å². The van der Waals surface area contributed by atoms with Gasteiger partial charge in [0.25, 0.3) is 0 Å². The Morgan fingerprint density at radius 2 is 2.21 bits per heavy atom. The quantitative estimate of drug-likeness (QED) is 0.772. The van der Waals surface area contributed by atoms with Crippen LogP contribution in [0.1, 0.15) is 25.8 Å². The van der Waals surface area contributed by atoms with E-state index in [9.17, 15) is 4.79 Å². The fourth-order valence-electron chi connectivity index (χ4n) is 1.61. The third-order valence-electron chi connectivity index (χ3n) is 3.20. The summed E-state index contributed by atoms with van der Waals surface area (Å²) in [7, 11) is 3.39. The third kappa shape index (κ3) is 4.28. The molecule has 0 saturated carbocycles. The number of amides is 1. The predicted octanol–water partition coefficient (Wildman–Crippen LogP) is 3.62. The van der Waals surface area contributed by atoms with Crippen molar-refractivity contribution >= 4 is 23.6 Å². The molecule has 0 aliphatic carbocycles. The fourth-order valence-corrected chi connectivity index (χ4v) is 1.79. The topological polar surface area (TPSA) is 29.5 Å². The SMILES string of the molecule is CCC(C)N(C)C(=O)/C=C/c1cc(Cl)ccc1OC. The lowest BCUT2D eigenvalue weighted by Gasteiger charge is -2.22. The smallest absolute Gasteiger partial charge is 0.246 e. The molecular formula is C15H20ClNO2. The van der Waals surface area contributed by atoms with E-state index in [2.05, 4.69) is 6.92 Å². The Morgan fingerprint density at radius 1 is 1.53 bits per heavy atom. The summed E-state index contributed by atoms with van der Waals surface area (Å²) < 4.78 is 5.23. The van der Waals surface area contributed by atoms with Gasteiger partial charge in [-0.05, 0) is 37.6 Å². The van der Waals surface area contributed by atoms with Crippen LogP contribution in [0.3, 0.4) is 0 Å². The van der Waals surface area contributed by atoms with E-state index in [0.717, 1.165) is 12.0 Å². The third-order valence-corrected chi connectivity index (χ3v) is 3.43. The maximum absolute atomic E-state index is 12.0. The van der Waals surface area contributed by atoms with Crippen molar-refractivity contribution in [1.82, 2.24) is 4.90 Å². The zero-order chi connectivity index (χ0) is 14.4. The first-order valence-electron chi connectivity index (χ1n) is 6.28. The maximum Gasteiger partial charge on any atom is 0.246 e. The summed E-state index contributed by atoms with van der Waals surface area (Å²) >= 11 is 5.94. The minimum absolute atomic E-state index is 0.0311. The van der Waals surface area contributed by atoms with Crippen LogP contribution in [0.4, 0.5) is 0 Å². The number of halogens is 1. The highest BCUT2D eigenvalue weighted by atomic mass is 35.5. The number of hydrogen-bond acceptors (Lipinski definition) is 2. The molecule has 0 spiro atoms. The van der Waals surface area contributed by atoms with Crippen LogP contribution in [0.5, 0.6) is 5.75 Å². The molecule has 0 aliphatic rings. The molecule has 1 rings (SSSR count). The lowest BCUT2D eigenvalue weighted by atomic mass is 10.1. The number of methoxy groups -OCH3 is 1. The van der Waals surface area contributed by atoms with Crippen molar-refractivity contribution in [3.63, 3.8) is 0 Å². The van der Waals surface area contributed by atoms with Crippen LogP contribution >= 0.6 is 11.6 Å². The Labute approximate surface area is 119 Å². The average Bonchev–Trinajstić information content (AvgIpc) is 2.43. The van der Waals surface area contributed by atoms with E-state index in [1.807, 2.05) is 6.92 Å². The predicted molar refractivity (Wildman–Crippen MR) is 79.6 cm³/mol. The van der Waals surface area contributed by atoms with Gasteiger partial charge in [-0.15, -0.1) is 0 Å².